The van der Waals surface area contributed by atoms with Crippen molar-refractivity contribution in [2.24, 2.45) is 0 Å². The monoisotopic (exact) mass is 205 g/mol. The minimum atomic E-state index is 0.435. The smallest absolute Gasteiger partial charge is 0.119 e. The first-order valence-electron chi connectivity index (χ1n) is 4.97. The van der Waals surface area contributed by atoms with Gasteiger partial charge in [0.15, 0.2) is 0 Å². The summed E-state index contributed by atoms with van der Waals surface area (Å²) in [6.45, 7) is 3.55. The molecule has 0 unspecified atom stereocenters. The second-order valence-electron chi connectivity index (χ2n) is 3.19. The van der Waals surface area contributed by atoms with Gasteiger partial charge in [0.25, 0.3) is 0 Å². The third kappa shape index (κ3) is 5.04. The number of aryl methyl sites for hydroxylation is 1. The van der Waals surface area contributed by atoms with Crippen LogP contribution in [0.2, 0.25) is 0 Å². The highest BCUT2D eigenvalue weighted by Crippen LogP contribution is 2.11. The van der Waals surface area contributed by atoms with E-state index in [1.54, 1.807) is 0 Å². The summed E-state index contributed by atoms with van der Waals surface area (Å²) in [6.07, 6.45) is 0.435. The Morgan fingerprint density at radius 3 is 2.87 bits per heavy atom. The fraction of sp³-hybridized carbons (Fsp3) is 0.417. The summed E-state index contributed by atoms with van der Waals surface area (Å²) in [7, 11) is 0. The predicted molar refractivity (Wildman–Crippen MR) is 57.7 cm³/mol. The van der Waals surface area contributed by atoms with Gasteiger partial charge in [-0.1, -0.05) is 12.1 Å². The van der Waals surface area contributed by atoms with Gasteiger partial charge >= 0.3 is 0 Å². The summed E-state index contributed by atoms with van der Waals surface area (Å²) >= 11 is 0. The van der Waals surface area contributed by atoms with Crippen molar-refractivity contribution in [2.75, 3.05) is 19.8 Å². The molecule has 0 aliphatic heterocycles. The number of hydrogen-bond acceptors (Lipinski definition) is 3. The maximum absolute atomic E-state index is 8.27. The van der Waals surface area contributed by atoms with E-state index in [0.717, 1.165) is 5.75 Å². The minimum absolute atomic E-state index is 0.435. The Morgan fingerprint density at radius 1 is 1.27 bits per heavy atom. The summed E-state index contributed by atoms with van der Waals surface area (Å²) in [5, 5.41) is 8.27. The quantitative estimate of drug-likeness (QED) is 0.669. The van der Waals surface area contributed by atoms with E-state index in [4.69, 9.17) is 14.7 Å². The van der Waals surface area contributed by atoms with Gasteiger partial charge in [-0.15, -0.1) is 0 Å². The number of nitrogens with zero attached hydrogens (tertiary/aromatic N) is 1. The van der Waals surface area contributed by atoms with Crippen molar-refractivity contribution in [1.82, 2.24) is 0 Å². The van der Waals surface area contributed by atoms with Gasteiger partial charge in [-0.2, -0.15) is 5.26 Å². The number of rotatable bonds is 6. The molecule has 0 heterocycles. The highest BCUT2D eigenvalue weighted by atomic mass is 16.5. The van der Waals surface area contributed by atoms with Gasteiger partial charge in [-0.05, 0) is 24.6 Å². The van der Waals surface area contributed by atoms with Crippen molar-refractivity contribution in [3.8, 4) is 11.8 Å². The first-order chi connectivity index (χ1) is 7.33. The molecule has 1 rings (SSSR count). The Kier molecular flexibility index (Phi) is 5.28. The molecule has 3 heteroatoms. The maximum atomic E-state index is 8.27. The van der Waals surface area contributed by atoms with Crippen LogP contribution < -0.4 is 4.74 Å². The molecule has 0 N–H and O–H groups in total. The lowest BCUT2D eigenvalue weighted by atomic mass is 10.2. The average Bonchev–Trinajstić information content (AvgIpc) is 2.23. The SMILES string of the molecule is Cc1cccc(OCCOCCC#N)c1. The molecule has 0 aromatic heterocycles. The summed E-state index contributed by atoms with van der Waals surface area (Å²) in [6, 6.07) is 9.90. The van der Waals surface area contributed by atoms with Crippen LogP contribution >= 0.6 is 0 Å². The summed E-state index contributed by atoms with van der Waals surface area (Å²) in [5.74, 6) is 0.860. The summed E-state index contributed by atoms with van der Waals surface area (Å²) in [4.78, 5) is 0. The molecule has 0 saturated carbocycles. The minimum Gasteiger partial charge on any atom is -0.491 e. The van der Waals surface area contributed by atoms with Crippen LogP contribution in [0.5, 0.6) is 5.75 Å². The largest absolute Gasteiger partial charge is 0.491 e. The van der Waals surface area contributed by atoms with E-state index in [1.807, 2.05) is 37.3 Å². The Hall–Kier alpha value is -1.53. The molecule has 15 heavy (non-hydrogen) atoms. The molecule has 3 nitrogen and oxygen atoms in total. The lowest BCUT2D eigenvalue weighted by Gasteiger charge is -2.06. The van der Waals surface area contributed by atoms with Crippen molar-refractivity contribution >= 4 is 0 Å². The summed E-state index contributed by atoms with van der Waals surface area (Å²) in [5.41, 5.74) is 1.18. The molecular weight excluding hydrogens is 190 g/mol. The third-order valence-corrected chi connectivity index (χ3v) is 1.84. The molecule has 0 aliphatic rings. The van der Waals surface area contributed by atoms with Gasteiger partial charge in [0.2, 0.25) is 0 Å². The molecule has 0 aliphatic carbocycles. The number of benzene rings is 1. The van der Waals surface area contributed by atoms with Crippen molar-refractivity contribution in [3.63, 3.8) is 0 Å². The molecule has 0 saturated heterocycles. The average molecular weight is 205 g/mol. The molecule has 0 atom stereocenters. The molecule has 1 aromatic carbocycles. The van der Waals surface area contributed by atoms with E-state index in [-0.39, 0.29) is 0 Å². The number of hydrogen-bond donors (Lipinski definition) is 0. The zero-order valence-corrected chi connectivity index (χ0v) is 8.90. The molecule has 0 fully saturated rings. The van der Waals surface area contributed by atoms with Crippen LogP contribution in [-0.4, -0.2) is 19.8 Å². The van der Waals surface area contributed by atoms with Crippen LogP contribution in [-0.2, 0) is 4.74 Å². The molecule has 0 bridgehead atoms. The van der Waals surface area contributed by atoms with Gasteiger partial charge in [0.05, 0.1) is 25.7 Å². The second kappa shape index (κ2) is 6.86. The van der Waals surface area contributed by atoms with Gasteiger partial charge < -0.3 is 9.47 Å². The van der Waals surface area contributed by atoms with Gasteiger partial charge in [-0.25, -0.2) is 0 Å². The van der Waals surface area contributed by atoms with Crippen molar-refractivity contribution in [3.05, 3.63) is 29.8 Å². The van der Waals surface area contributed by atoms with E-state index >= 15 is 0 Å². The third-order valence-electron chi connectivity index (χ3n) is 1.84. The number of nitriles is 1. The lowest BCUT2D eigenvalue weighted by Crippen LogP contribution is -2.07. The normalized spacial score (nSPS) is 9.60. The Balaban J connectivity index is 2.13. The van der Waals surface area contributed by atoms with Crippen LogP contribution in [0, 0.1) is 18.3 Å². The Bertz CT molecular complexity index is 331. The van der Waals surface area contributed by atoms with E-state index in [0.29, 0.717) is 26.2 Å². The van der Waals surface area contributed by atoms with Gasteiger partial charge in [0.1, 0.15) is 12.4 Å². The van der Waals surface area contributed by atoms with E-state index < -0.39 is 0 Å². The van der Waals surface area contributed by atoms with Crippen LogP contribution in [0.25, 0.3) is 0 Å². The van der Waals surface area contributed by atoms with Crippen LogP contribution in [0.4, 0.5) is 0 Å². The molecule has 0 radical (unpaired) electrons. The standard InChI is InChI=1S/C12H15NO2/c1-11-4-2-5-12(10-11)15-9-8-14-7-3-6-13/h2,4-5,10H,3,7-9H2,1H3. The fourth-order valence-electron chi connectivity index (χ4n) is 1.14. The molecular formula is C12H15NO2. The van der Waals surface area contributed by atoms with E-state index in [2.05, 4.69) is 0 Å². The summed E-state index contributed by atoms with van der Waals surface area (Å²) < 4.78 is 10.6. The molecule has 1 aromatic rings. The predicted octanol–water partition coefficient (Wildman–Crippen LogP) is 2.30. The highest BCUT2D eigenvalue weighted by Gasteiger charge is 1.93. The molecule has 0 amide bonds. The Morgan fingerprint density at radius 2 is 2.13 bits per heavy atom. The van der Waals surface area contributed by atoms with E-state index in [9.17, 15) is 0 Å². The topological polar surface area (TPSA) is 42.2 Å². The van der Waals surface area contributed by atoms with Crippen LogP contribution in [0.3, 0.4) is 0 Å². The molecule has 0 spiro atoms. The van der Waals surface area contributed by atoms with E-state index in [1.165, 1.54) is 5.56 Å². The van der Waals surface area contributed by atoms with Crippen molar-refractivity contribution < 1.29 is 9.47 Å². The van der Waals surface area contributed by atoms with Crippen LogP contribution in [0.15, 0.2) is 24.3 Å². The Labute approximate surface area is 90.2 Å². The lowest BCUT2D eigenvalue weighted by molar-refractivity contribution is 0.104. The van der Waals surface area contributed by atoms with Crippen molar-refractivity contribution in [1.29, 1.82) is 5.26 Å². The first kappa shape index (κ1) is 11.5. The zero-order valence-electron chi connectivity index (χ0n) is 8.90. The van der Waals surface area contributed by atoms with Crippen LogP contribution in [0.1, 0.15) is 12.0 Å². The number of ether oxygens (including phenoxy) is 2. The first-order valence-corrected chi connectivity index (χ1v) is 4.97. The molecule has 80 valence electrons. The fourth-order valence-corrected chi connectivity index (χ4v) is 1.14. The highest BCUT2D eigenvalue weighted by molar-refractivity contribution is 5.27. The maximum Gasteiger partial charge on any atom is 0.119 e. The van der Waals surface area contributed by atoms with Gasteiger partial charge in [0, 0.05) is 0 Å². The van der Waals surface area contributed by atoms with Crippen molar-refractivity contribution in [2.45, 2.75) is 13.3 Å². The zero-order chi connectivity index (χ0) is 10.9. The van der Waals surface area contributed by atoms with Gasteiger partial charge in [-0.3, -0.25) is 0 Å². The second-order valence-corrected chi connectivity index (χ2v) is 3.19.